The number of hydrazone groups is 1. The van der Waals surface area contributed by atoms with Crippen molar-refractivity contribution in [2.45, 2.75) is 6.92 Å². The van der Waals surface area contributed by atoms with E-state index >= 15 is 0 Å². The van der Waals surface area contributed by atoms with Gasteiger partial charge in [-0.25, -0.2) is 10.2 Å². The number of nitrogens with one attached hydrogen (secondary N) is 1. The molecule has 33 heavy (non-hydrogen) atoms. The minimum Gasteiger partial charge on any atom is -0.494 e. The highest BCUT2D eigenvalue weighted by molar-refractivity contribution is 6.04. The van der Waals surface area contributed by atoms with E-state index in [4.69, 9.17) is 9.47 Å². The summed E-state index contributed by atoms with van der Waals surface area (Å²) in [6.45, 7) is 2.44. The van der Waals surface area contributed by atoms with Gasteiger partial charge in [0, 0.05) is 23.5 Å². The monoisotopic (exact) mass is 439 g/mol. The van der Waals surface area contributed by atoms with Crippen molar-refractivity contribution < 1.29 is 19.1 Å². The summed E-state index contributed by atoms with van der Waals surface area (Å²) in [6.07, 6.45) is 4.53. The standard InChI is InChI=1S/C26H21N3O4/c1-2-32-21-10-7-20(8-11-21)26(31)33-24-12-9-18-5-3-4-6-22(18)23(24)17-28-29-25(30)19-13-15-27-16-14-19/h3-17H,2H2,1H3,(H,29,30). The molecular formula is C26H21N3O4. The minimum atomic E-state index is -0.510. The Labute approximate surface area is 190 Å². The summed E-state index contributed by atoms with van der Waals surface area (Å²) in [4.78, 5) is 28.9. The van der Waals surface area contributed by atoms with Gasteiger partial charge >= 0.3 is 5.97 Å². The van der Waals surface area contributed by atoms with Crippen LogP contribution < -0.4 is 14.9 Å². The molecular weight excluding hydrogens is 418 g/mol. The first-order valence-corrected chi connectivity index (χ1v) is 10.4. The van der Waals surface area contributed by atoms with Gasteiger partial charge in [0.2, 0.25) is 0 Å². The number of rotatable bonds is 7. The van der Waals surface area contributed by atoms with Gasteiger partial charge in [-0.3, -0.25) is 9.78 Å². The Morgan fingerprint density at radius 2 is 1.70 bits per heavy atom. The van der Waals surface area contributed by atoms with Crippen LogP contribution in [-0.4, -0.2) is 29.7 Å². The average Bonchev–Trinajstić information content (AvgIpc) is 2.86. The summed E-state index contributed by atoms with van der Waals surface area (Å²) in [5.41, 5.74) is 3.88. The molecule has 0 bridgehead atoms. The van der Waals surface area contributed by atoms with Crippen molar-refractivity contribution in [2.75, 3.05) is 6.61 Å². The number of hydrogen-bond donors (Lipinski definition) is 1. The summed E-state index contributed by atoms with van der Waals surface area (Å²) in [5, 5.41) is 5.86. The number of fused-ring (bicyclic) bond motifs is 1. The molecule has 0 aliphatic rings. The van der Waals surface area contributed by atoms with E-state index in [0.717, 1.165) is 10.8 Å². The molecule has 0 fully saturated rings. The van der Waals surface area contributed by atoms with E-state index in [1.165, 1.54) is 18.6 Å². The number of aromatic nitrogens is 1. The number of carbonyl (C=O) groups excluding carboxylic acids is 2. The zero-order valence-electron chi connectivity index (χ0n) is 17.9. The highest BCUT2D eigenvalue weighted by Gasteiger charge is 2.14. The van der Waals surface area contributed by atoms with E-state index < -0.39 is 5.97 Å². The number of nitrogens with zero attached hydrogens (tertiary/aromatic N) is 2. The van der Waals surface area contributed by atoms with E-state index in [2.05, 4.69) is 15.5 Å². The van der Waals surface area contributed by atoms with Gasteiger partial charge in [0.15, 0.2) is 0 Å². The maximum Gasteiger partial charge on any atom is 0.343 e. The van der Waals surface area contributed by atoms with Crippen molar-refractivity contribution in [1.29, 1.82) is 0 Å². The second-order valence-corrected chi connectivity index (χ2v) is 6.98. The number of ether oxygens (including phenoxy) is 2. The van der Waals surface area contributed by atoms with Gasteiger partial charge in [-0.05, 0) is 60.2 Å². The van der Waals surface area contributed by atoms with Gasteiger partial charge in [0.25, 0.3) is 5.91 Å². The smallest absolute Gasteiger partial charge is 0.343 e. The molecule has 0 unspecified atom stereocenters. The Bertz CT molecular complexity index is 1300. The first kappa shape index (κ1) is 21.7. The third-order valence-electron chi connectivity index (χ3n) is 4.84. The second-order valence-electron chi connectivity index (χ2n) is 6.98. The lowest BCUT2D eigenvalue weighted by Crippen LogP contribution is -2.17. The van der Waals surface area contributed by atoms with Crippen LogP contribution in [0, 0.1) is 0 Å². The van der Waals surface area contributed by atoms with Gasteiger partial charge in [-0.2, -0.15) is 5.10 Å². The third kappa shape index (κ3) is 5.22. The fourth-order valence-electron chi connectivity index (χ4n) is 3.23. The molecule has 3 aromatic carbocycles. The minimum absolute atomic E-state index is 0.328. The highest BCUT2D eigenvalue weighted by atomic mass is 16.5. The van der Waals surface area contributed by atoms with E-state index in [1.54, 1.807) is 42.5 Å². The molecule has 0 spiro atoms. The lowest BCUT2D eigenvalue weighted by atomic mass is 10.0. The maximum atomic E-state index is 12.8. The van der Waals surface area contributed by atoms with Crippen LogP contribution >= 0.6 is 0 Å². The predicted octanol–water partition coefficient (Wildman–Crippen LogP) is 4.62. The summed E-state index contributed by atoms with van der Waals surface area (Å²) >= 11 is 0. The number of pyridine rings is 1. The van der Waals surface area contributed by atoms with Crippen molar-refractivity contribution in [3.8, 4) is 11.5 Å². The molecule has 1 N–H and O–H groups in total. The molecule has 0 atom stereocenters. The van der Waals surface area contributed by atoms with Crippen molar-refractivity contribution in [3.05, 3.63) is 102 Å². The highest BCUT2D eigenvalue weighted by Crippen LogP contribution is 2.27. The average molecular weight is 439 g/mol. The zero-order valence-corrected chi connectivity index (χ0v) is 17.9. The molecule has 1 amide bonds. The number of benzene rings is 3. The maximum absolute atomic E-state index is 12.8. The molecule has 0 radical (unpaired) electrons. The van der Waals surface area contributed by atoms with Crippen molar-refractivity contribution in [3.63, 3.8) is 0 Å². The molecule has 1 heterocycles. The van der Waals surface area contributed by atoms with Gasteiger partial charge in [-0.15, -0.1) is 0 Å². The van der Waals surface area contributed by atoms with Crippen LogP contribution in [0.25, 0.3) is 10.8 Å². The van der Waals surface area contributed by atoms with Crippen molar-refractivity contribution >= 4 is 28.9 Å². The molecule has 4 aromatic rings. The topological polar surface area (TPSA) is 89.9 Å². The van der Waals surface area contributed by atoms with E-state index in [0.29, 0.717) is 34.8 Å². The third-order valence-corrected chi connectivity index (χ3v) is 4.84. The Balaban J connectivity index is 1.59. The zero-order chi connectivity index (χ0) is 23.0. The summed E-state index contributed by atoms with van der Waals surface area (Å²) in [7, 11) is 0. The summed E-state index contributed by atoms with van der Waals surface area (Å²) in [6, 6.07) is 21.1. The Hall–Kier alpha value is -4.52. The van der Waals surface area contributed by atoms with Crippen LogP contribution in [0.1, 0.15) is 33.2 Å². The van der Waals surface area contributed by atoms with Gasteiger partial charge in [0.05, 0.1) is 18.4 Å². The summed E-state index contributed by atoms with van der Waals surface area (Å²) in [5.74, 6) is 0.123. The first-order valence-electron chi connectivity index (χ1n) is 10.4. The molecule has 0 saturated carbocycles. The number of hydrogen-bond acceptors (Lipinski definition) is 6. The molecule has 4 rings (SSSR count). The predicted molar refractivity (Wildman–Crippen MR) is 126 cm³/mol. The van der Waals surface area contributed by atoms with Crippen LogP contribution in [-0.2, 0) is 0 Å². The molecule has 0 aliphatic heterocycles. The lowest BCUT2D eigenvalue weighted by molar-refractivity contribution is 0.0734. The van der Waals surface area contributed by atoms with Crippen molar-refractivity contribution in [2.24, 2.45) is 5.10 Å². The Kier molecular flexibility index (Phi) is 6.70. The van der Waals surface area contributed by atoms with Gasteiger partial charge in [-0.1, -0.05) is 30.3 Å². The molecule has 164 valence electrons. The van der Waals surface area contributed by atoms with E-state index in [-0.39, 0.29) is 5.91 Å². The van der Waals surface area contributed by atoms with Crippen LogP contribution in [0.15, 0.2) is 90.3 Å². The normalized spacial score (nSPS) is 10.8. The van der Waals surface area contributed by atoms with Crippen LogP contribution in [0.3, 0.4) is 0 Å². The SMILES string of the molecule is CCOc1ccc(C(=O)Oc2ccc3ccccc3c2C=NNC(=O)c2ccncc2)cc1. The fourth-order valence-corrected chi connectivity index (χ4v) is 3.23. The quantitative estimate of drug-likeness (QED) is 0.196. The fraction of sp³-hybridized carbons (Fsp3) is 0.0769. The van der Waals surface area contributed by atoms with Crippen LogP contribution in [0.5, 0.6) is 11.5 Å². The molecule has 7 nitrogen and oxygen atoms in total. The molecule has 0 saturated heterocycles. The Morgan fingerprint density at radius 1 is 0.939 bits per heavy atom. The summed E-state index contributed by atoms with van der Waals surface area (Å²) < 4.78 is 11.1. The number of esters is 1. The van der Waals surface area contributed by atoms with Crippen LogP contribution in [0.2, 0.25) is 0 Å². The molecule has 7 heteroatoms. The van der Waals surface area contributed by atoms with Crippen molar-refractivity contribution in [1.82, 2.24) is 10.4 Å². The van der Waals surface area contributed by atoms with E-state index in [9.17, 15) is 9.59 Å². The first-order chi connectivity index (χ1) is 16.2. The Morgan fingerprint density at radius 3 is 2.45 bits per heavy atom. The van der Waals surface area contributed by atoms with Gasteiger partial charge in [0.1, 0.15) is 11.5 Å². The van der Waals surface area contributed by atoms with Gasteiger partial charge < -0.3 is 9.47 Å². The lowest BCUT2D eigenvalue weighted by Gasteiger charge is -2.11. The molecule has 0 aliphatic carbocycles. The van der Waals surface area contributed by atoms with Crippen LogP contribution in [0.4, 0.5) is 0 Å². The number of amides is 1. The second kappa shape index (κ2) is 10.2. The molecule has 1 aromatic heterocycles. The van der Waals surface area contributed by atoms with E-state index in [1.807, 2.05) is 37.3 Å². The largest absolute Gasteiger partial charge is 0.494 e. The number of carbonyl (C=O) groups is 2.